The zero-order valence-electron chi connectivity index (χ0n) is 11.8. The van der Waals surface area contributed by atoms with Crippen molar-refractivity contribution >= 4 is 29.3 Å². The molecule has 0 atom stereocenters. The van der Waals surface area contributed by atoms with E-state index in [2.05, 4.69) is 0 Å². The van der Waals surface area contributed by atoms with E-state index < -0.39 is 12.5 Å². The molecule has 0 heterocycles. The third-order valence-corrected chi connectivity index (χ3v) is 2.84. The van der Waals surface area contributed by atoms with Gasteiger partial charge in [-0.15, -0.1) is 0 Å². The fraction of sp³-hybridized carbons (Fsp3) is 0.429. The number of carboxylic acids is 1. The molecule has 1 N–H and O–H groups in total. The van der Waals surface area contributed by atoms with Crippen LogP contribution in [0.15, 0.2) is 24.3 Å². The van der Waals surface area contributed by atoms with Crippen LogP contribution in [0.4, 0.5) is 10.5 Å². The van der Waals surface area contributed by atoms with Crippen molar-refractivity contribution in [1.82, 2.24) is 4.90 Å². The molecule has 0 radical (unpaired) electrons. The number of aliphatic carboxylic acids is 1. The van der Waals surface area contributed by atoms with Gasteiger partial charge < -0.3 is 10.0 Å². The van der Waals surface area contributed by atoms with Crippen LogP contribution in [-0.4, -0.2) is 42.1 Å². The molecule has 0 aliphatic carbocycles. The first-order valence-corrected chi connectivity index (χ1v) is 6.69. The summed E-state index contributed by atoms with van der Waals surface area (Å²) in [6.45, 7) is 4.13. The van der Waals surface area contributed by atoms with E-state index in [0.717, 1.165) is 0 Å². The number of carboxylic acid groups (broad SMARTS) is 1. The molecule has 0 saturated carbocycles. The van der Waals surface area contributed by atoms with E-state index >= 15 is 0 Å². The number of carbonyl (C=O) groups excluding carboxylic acids is 1. The molecule has 1 aromatic carbocycles. The van der Waals surface area contributed by atoms with E-state index in [1.54, 1.807) is 31.3 Å². The van der Waals surface area contributed by atoms with E-state index in [-0.39, 0.29) is 6.03 Å². The number of hydrogen-bond donors (Lipinski definition) is 1. The van der Waals surface area contributed by atoms with Crippen molar-refractivity contribution in [2.24, 2.45) is 5.92 Å². The lowest BCUT2D eigenvalue weighted by atomic mass is 10.2. The molecule has 0 saturated heterocycles. The number of benzene rings is 1. The molecule has 20 heavy (non-hydrogen) atoms. The van der Waals surface area contributed by atoms with E-state index in [1.165, 1.54) is 9.80 Å². The van der Waals surface area contributed by atoms with E-state index in [1.807, 2.05) is 13.8 Å². The number of anilines is 1. The normalized spacial score (nSPS) is 10.4. The molecular formula is C14H19ClN2O3. The average Bonchev–Trinajstić information content (AvgIpc) is 2.34. The van der Waals surface area contributed by atoms with Gasteiger partial charge >= 0.3 is 12.0 Å². The molecule has 6 heteroatoms. The summed E-state index contributed by atoms with van der Waals surface area (Å²) in [5, 5.41) is 9.44. The number of hydrogen-bond acceptors (Lipinski definition) is 2. The van der Waals surface area contributed by atoms with Crippen molar-refractivity contribution in [3.8, 4) is 0 Å². The number of halogens is 1. The monoisotopic (exact) mass is 298 g/mol. The molecule has 0 aromatic heterocycles. The van der Waals surface area contributed by atoms with Gasteiger partial charge in [-0.25, -0.2) is 4.79 Å². The highest BCUT2D eigenvalue weighted by Gasteiger charge is 2.22. The van der Waals surface area contributed by atoms with Gasteiger partial charge in [-0.3, -0.25) is 9.69 Å². The Morgan fingerprint density at radius 3 is 2.50 bits per heavy atom. The second-order valence-electron chi connectivity index (χ2n) is 5.02. The van der Waals surface area contributed by atoms with Crippen molar-refractivity contribution in [3.05, 3.63) is 29.3 Å². The molecule has 1 aromatic rings. The molecule has 2 amide bonds. The lowest BCUT2D eigenvalue weighted by Gasteiger charge is -2.28. The van der Waals surface area contributed by atoms with Crippen molar-refractivity contribution in [1.29, 1.82) is 0 Å². The number of rotatable bonds is 5. The van der Waals surface area contributed by atoms with Gasteiger partial charge in [0.25, 0.3) is 0 Å². The van der Waals surface area contributed by atoms with Gasteiger partial charge in [-0.2, -0.15) is 0 Å². The van der Waals surface area contributed by atoms with Crippen molar-refractivity contribution in [2.45, 2.75) is 13.8 Å². The van der Waals surface area contributed by atoms with Gasteiger partial charge in [-0.05, 0) is 24.1 Å². The van der Waals surface area contributed by atoms with Crippen molar-refractivity contribution in [3.63, 3.8) is 0 Å². The minimum absolute atomic E-state index is 0.301. The SMILES string of the molecule is CC(C)CN(C)C(=O)N(CC(=O)O)c1cccc(Cl)c1. The fourth-order valence-corrected chi connectivity index (χ4v) is 2.07. The Hall–Kier alpha value is -1.75. The van der Waals surface area contributed by atoms with Crippen LogP contribution in [-0.2, 0) is 4.79 Å². The van der Waals surface area contributed by atoms with E-state index in [9.17, 15) is 9.59 Å². The highest BCUT2D eigenvalue weighted by Crippen LogP contribution is 2.20. The first kappa shape index (κ1) is 16.3. The van der Waals surface area contributed by atoms with Crippen LogP contribution in [0.25, 0.3) is 0 Å². The third kappa shape index (κ3) is 4.74. The smallest absolute Gasteiger partial charge is 0.324 e. The van der Waals surface area contributed by atoms with Crippen molar-refractivity contribution in [2.75, 3.05) is 25.0 Å². The lowest BCUT2D eigenvalue weighted by Crippen LogP contribution is -2.45. The van der Waals surface area contributed by atoms with Gasteiger partial charge in [0, 0.05) is 24.3 Å². The molecular weight excluding hydrogens is 280 g/mol. The molecule has 0 fully saturated rings. The first-order valence-electron chi connectivity index (χ1n) is 6.31. The third-order valence-electron chi connectivity index (χ3n) is 2.61. The van der Waals surface area contributed by atoms with Crippen LogP contribution >= 0.6 is 11.6 Å². The molecule has 0 aliphatic rings. The van der Waals surface area contributed by atoms with E-state index in [0.29, 0.717) is 23.2 Å². The minimum atomic E-state index is -1.07. The van der Waals surface area contributed by atoms with Crippen LogP contribution in [0, 0.1) is 5.92 Å². The Labute approximate surface area is 123 Å². The average molecular weight is 299 g/mol. The Kier molecular flexibility index (Phi) is 5.82. The maximum atomic E-state index is 12.4. The van der Waals surface area contributed by atoms with Crippen LogP contribution < -0.4 is 4.90 Å². The Bertz CT molecular complexity index is 491. The second kappa shape index (κ2) is 7.14. The number of urea groups is 1. The van der Waals surface area contributed by atoms with Crippen LogP contribution in [0.3, 0.4) is 0 Å². The molecule has 5 nitrogen and oxygen atoms in total. The molecule has 1 rings (SSSR count). The summed E-state index contributed by atoms with van der Waals surface area (Å²) in [4.78, 5) is 26.1. The largest absolute Gasteiger partial charge is 0.480 e. The maximum Gasteiger partial charge on any atom is 0.324 e. The fourth-order valence-electron chi connectivity index (χ4n) is 1.88. The highest BCUT2D eigenvalue weighted by atomic mass is 35.5. The second-order valence-corrected chi connectivity index (χ2v) is 5.45. The predicted octanol–water partition coefficient (Wildman–Crippen LogP) is 2.94. The van der Waals surface area contributed by atoms with Gasteiger partial charge in [0.1, 0.15) is 6.54 Å². The predicted molar refractivity (Wildman–Crippen MR) is 79.3 cm³/mol. The van der Waals surface area contributed by atoms with E-state index in [4.69, 9.17) is 16.7 Å². The molecule has 110 valence electrons. The first-order chi connectivity index (χ1) is 9.31. The standard InChI is InChI=1S/C14H19ClN2O3/c1-10(2)8-16(3)14(20)17(9-13(18)19)12-6-4-5-11(15)7-12/h4-7,10H,8-9H2,1-3H3,(H,18,19). The van der Waals surface area contributed by atoms with Crippen LogP contribution in [0.2, 0.25) is 5.02 Å². The molecule has 0 unspecified atom stereocenters. The summed E-state index contributed by atoms with van der Waals surface area (Å²) in [5.74, 6) is -0.772. The maximum absolute atomic E-state index is 12.4. The van der Waals surface area contributed by atoms with Gasteiger partial charge in [0.05, 0.1) is 0 Å². The Balaban J connectivity index is 3.00. The Morgan fingerprint density at radius 1 is 1.35 bits per heavy atom. The van der Waals surface area contributed by atoms with Crippen LogP contribution in [0.5, 0.6) is 0 Å². The minimum Gasteiger partial charge on any atom is -0.480 e. The number of carbonyl (C=O) groups is 2. The van der Waals surface area contributed by atoms with Crippen molar-refractivity contribution < 1.29 is 14.7 Å². The summed E-state index contributed by atoms with van der Waals surface area (Å²) < 4.78 is 0. The zero-order chi connectivity index (χ0) is 15.3. The topological polar surface area (TPSA) is 60.9 Å². The lowest BCUT2D eigenvalue weighted by molar-refractivity contribution is -0.135. The Morgan fingerprint density at radius 2 is 2.00 bits per heavy atom. The summed E-state index contributed by atoms with van der Waals surface area (Å²) in [6, 6.07) is 6.24. The number of amides is 2. The summed E-state index contributed by atoms with van der Waals surface area (Å²) >= 11 is 5.90. The molecule has 0 bridgehead atoms. The van der Waals surface area contributed by atoms with Crippen LogP contribution in [0.1, 0.15) is 13.8 Å². The quantitative estimate of drug-likeness (QED) is 0.909. The summed E-state index contributed by atoms with van der Waals surface area (Å²) in [5.41, 5.74) is 0.473. The van der Waals surface area contributed by atoms with Gasteiger partial charge in [0.15, 0.2) is 0 Å². The molecule has 0 aliphatic heterocycles. The van der Waals surface area contributed by atoms with Gasteiger partial charge in [-0.1, -0.05) is 31.5 Å². The zero-order valence-corrected chi connectivity index (χ0v) is 12.6. The summed E-state index contributed by atoms with van der Waals surface area (Å²) in [7, 11) is 1.65. The molecule has 0 spiro atoms. The summed E-state index contributed by atoms with van der Waals surface area (Å²) in [6.07, 6.45) is 0. The van der Waals surface area contributed by atoms with Gasteiger partial charge in [0.2, 0.25) is 0 Å². The number of nitrogens with zero attached hydrogens (tertiary/aromatic N) is 2. The highest BCUT2D eigenvalue weighted by molar-refractivity contribution is 6.30.